The van der Waals surface area contributed by atoms with Crippen molar-refractivity contribution >= 4 is 31.8 Å². The van der Waals surface area contributed by atoms with E-state index in [9.17, 15) is 9.59 Å². The molecule has 0 aliphatic carbocycles. The van der Waals surface area contributed by atoms with Gasteiger partial charge in [-0.05, 0) is 48.7 Å². The monoisotopic (exact) mass is 450 g/mol. The van der Waals surface area contributed by atoms with E-state index in [1.807, 2.05) is 6.07 Å². The van der Waals surface area contributed by atoms with E-state index in [2.05, 4.69) is 33.9 Å². The molecule has 0 saturated carbocycles. The summed E-state index contributed by atoms with van der Waals surface area (Å²) in [7, 11) is -0.799. The van der Waals surface area contributed by atoms with Gasteiger partial charge in [0.05, 0.1) is 30.2 Å². The maximum absolute atomic E-state index is 13.1. The van der Waals surface area contributed by atoms with Gasteiger partial charge in [-0.2, -0.15) is 5.26 Å². The molecule has 2 atom stereocenters. The number of amides is 1. The molecule has 1 aliphatic heterocycles. The molecule has 1 amide bonds. The zero-order valence-corrected chi connectivity index (χ0v) is 20.6. The Morgan fingerprint density at radius 2 is 1.97 bits per heavy atom. The molecule has 1 saturated heterocycles. The first-order valence-electron chi connectivity index (χ1n) is 10.1. The van der Waals surface area contributed by atoms with Crippen LogP contribution in [0.15, 0.2) is 12.1 Å². The molecule has 1 aromatic carbocycles. The maximum Gasteiger partial charge on any atom is 0.331 e. The number of halogens is 1. The summed E-state index contributed by atoms with van der Waals surface area (Å²) in [5.74, 6) is -0.644. The van der Waals surface area contributed by atoms with Gasteiger partial charge in [0.2, 0.25) is 5.91 Å². The van der Waals surface area contributed by atoms with E-state index in [0.717, 1.165) is 5.56 Å². The fourth-order valence-corrected chi connectivity index (χ4v) is 4.97. The lowest BCUT2D eigenvalue weighted by Gasteiger charge is -2.39. The van der Waals surface area contributed by atoms with Gasteiger partial charge in [0.15, 0.2) is 14.4 Å². The van der Waals surface area contributed by atoms with Crippen LogP contribution < -0.4 is 0 Å². The number of methoxy groups -OCH3 is 1. The summed E-state index contributed by atoms with van der Waals surface area (Å²) in [5, 5.41) is 9.46. The standard InChI is InChI=1S/C22H31ClN2O4Si/c1-14-15(8-9-16(13-24)19(14)23)12-18(26)25-11-10-17(20(25)21(27)28-5)29-30(6,7)22(2,3)4/h8-9,17,20H,10-12H2,1-7H3/t17-,20-/m0/s1. The summed E-state index contributed by atoms with van der Waals surface area (Å²) in [6.07, 6.45) is 0.302. The van der Waals surface area contributed by atoms with Gasteiger partial charge < -0.3 is 14.1 Å². The summed E-state index contributed by atoms with van der Waals surface area (Å²) in [6, 6.07) is 4.64. The van der Waals surface area contributed by atoms with E-state index < -0.39 is 20.3 Å². The fourth-order valence-electron chi connectivity index (χ4n) is 3.39. The van der Waals surface area contributed by atoms with Crippen molar-refractivity contribution in [3.05, 3.63) is 33.8 Å². The number of carbonyl (C=O) groups excluding carboxylic acids is 2. The van der Waals surface area contributed by atoms with Crippen molar-refractivity contribution in [2.75, 3.05) is 13.7 Å². The minimum Gasteiger partial charge on any atom is -0.467 e. The lowest BCUT2D eigenvalue weighted by Crippen LogP contribution is -2.51. The quantitative estimate of drug-likeness (QED) is 0.495. The highest BCUT2D eigenvalue weighted by Gasteiger charge is 2.48. The average Bonchev–Trinajstić information content (AvgIpc) is 3.07. The Bertz CT molecular complexity index is 873. The molecule has 0 bridgehead atoms. The Morgan fingerprint density at radius 3 is 2.50 bits per heavy atom. The largest absolute Gasteiger partial charge is 0.467 e. The number of rotatable bonds is 5. The smallest absolute Gasteiger partial charge is 0.331 e. The molecular formula is C22H31ClN2O4Si. The lowest BCUT2D eigenvalue weighted by molar-refractivity contribution is -0.153. The molecule has 8 heteroatoms. The fraction of sp³-hybridized carbons (Fsp3) is 0.591. The highest BCUT2D eigenvalue weighted by Crippen LogP contribution is 2.39. The summed E-state index contributed by atoms with van der Waals surface area (Å²) >= 11 is 6.24. The Balaban J connectivity index is 2.26. The molecule has 0 radical (unpaired) electrons. The van der Waals surface area contributed by atoms with E-state index in [1.165, 1.54) is 7.11 Å². The first-order chi connectivity index (χ1) is 13.8. The van der Waals surface area contributed by atoms with E-state index in [1.54, 1.807) is 24.0 Å². The number of ether oxygens (including phenoxy) is 1. The summed E-state index contributed by atoms with van der Waals surface area (Å²) in [6.45, 7) is 12.9. The number of benzene rings is 1. The average molecular weight is 451 g/mol. The highest BCUT2D eigenvalue weighted by atomic mass is 35.5. The first-order valence-corrected chi connectivity index (χ1v) is 13.4. The van der Waals surface area contributed by atoms with Gasteiger partial charge in [0, 0.05) is 6.54 Å². The number of nitriles is 1. The van der Waals surface area contributed by atoms with Gasteiger partial charge in [-0.1, -0.05) is 38.4 Å². The molecule has 2 rings (SSSR count). The minimum atomic E-state index is -2.13. The normalized spacial score (nSPS) is 19.5. The van der Waals surface area contributed by atoms with Crippen LogP contribution in [0.2, 0.25) is 23.2 Å². The minimum absolute atomic E-state index is 0.0125. The number of hydrogen-bond acceptors (Lipinski definition) is 5. The Morgan fingerprint density at radius 1 is 1.33 bits per heavy atom. The third kappa shape index (κ3) is 4.88. The van der Waals surface area contributed by atoms with Crippen LogP contribution in [0, 0.1) is 18.3 Å². The number of esters is 1. The summed E-state index contributed by atoms with van der Waals surface area (Å²) in [5.41, 5.74) is 1.81. The van der Waals surface area contributed by atoms with Gasteiger partial charge in [-0.3, -0.25) is 4.79 Å². The number of likely N-dealkylation sites (tertiary alicyclic amines) is 1. The molecule has 0 unspecified atom stereocenters. The highest BCUT2D eigenvalue weighted by molar-refractivity contribution is 6.74. The molecule has 1 heterocycles. The Labute approximate surface area is 185 Å². The van der Waals surface area contributed by atoms with Crippen LogP contribution in [0.5, 0.6) is 0 Å². The number of hydrogen-bond donors (Lipinski definition) is 0. The van der Waals surface area contributed by atoms with Crippen LogP contribution in [0.3, 0.4) is 0 Å². The van der Waals surface area contributed by atoms with Crippen molar-refractivity contribution in [3.8, 4) is 6.07 Å². The van der Waals surface area contributed by atoms with E-state index >= 15 is 0 Å². The topological polar surface area (TPSA) is 79.6 Å². The molecule has 1 aliphatic rings. The third-order valence-electron chi connectivity index (χ3n) is 6.32. The first kappa shape index (κ1) is 24.4. The molecule has 1 fully saturated rings. The number of carbonyl (C=O) groups is 2. The van der Waals surface area contributed by atoms with Crippen LogP contribution >= 0.6 is 11.6 Å². The Kier molecular flexibility index (Phi) is 7.39. The van der Waals surface area contributed by atoms with Crippen LogP contribution in [0.25, 0.3) is 0 Å². The molecule has 0 aromatic heterocycles. The van der Waals surface area contributed by atoms with Gasteiger partial charge in [0.25, 0.3) is 0 Å². The summed E-state index contributed by atoms with van der Waals surface area (Å²) < 4.78 is 11.5. The van der Waals surface area contributed by atoms with E-state index in [-0.39, 0.29) is 23.5 Å². The SMILES string of the molecule is COC(=O)[C@@H]1[C@@H](O[Si](C)(C)C(C)(C)C)CCN1C(=O)Cc1ccc(C#N)c(Cl)c1C. The van der Waals surface area contributed by atoms with Crippen molar-refractivity contribution in [1.29, 1.82) is 5.26 Å². The predicted octanol–water partition coefficient (Wildman–Crippen LogP) is 4.23. The second kappa shape index (κ2) is 9.09. The molecule has 30 heavy (non-hydrogen) atoms. The third-order valence-corrected chi connectivity index (χ3v) is 11.3. The van der Waals surface area contributed by atoms with Crippen molar-refractivity contribution in [2.45, 2.75) is 70.8 Å². The van der Waals surface area contributed by atoms with E-state index in [4.69, 9.17) is 26.0 Å². The zero-order valence-electron chi connectivity index (χ0n) is 18.8. The molecule has 0 spiro atoms. The zero-order chi connectivity index (χ0) is 22.9. The summed E-state index contributed by atoms with van der Waals surface area (Å²) in [4.78, 5) is 27.3. The van der Waals surface area contributed by atoms with Crippen LogP contribution in [0.1, 0.15) is 43.9 Å². The predicted molar refractivity (Wildman–Crippen MR) is 119 cm³/mol. The second-order valence-corrected chi connectivity index (χ2v) is 14.4. The maximum atomic E-state index is 13.1. The molecule has 1 aromatic rings. The van der Waals surface area contributed by atoms with Crippen LogP contribution in [-0.2, 0) is 25.2 Å². The van der Waals surface area contributed by atoms with Crippen molar-refractivity contribution < 1.29 is 18.8 Å². The van der Waals surface area contributed by atoms with Gasteiger partial charge in [0.1, 0.15) is 6.07 Å². The van der Waals surface area contributed by atoms with Gasteiger partial charge in [-0.15, -0.1) is 0 Å². The van der Waals surface area contributed by atoms with Crippen LogP contribution in [0.4, 0.5) is 0 Å². The van der Waals surface area contributed by atoms with Crippen molar-refractivity contribution in [2.24, 2.45) is 0 Å². The van der Waals surface area contributed by atoms with Crippen molar-refractivity contribution in [3.63, 3.8) is 0 Å². The van der Waals surface area contributed by atoms with Gasteiger partial charge >= 0.3 is 5.97 Å². The molecule has 6 nitrogen and oxygen atoms in total. The molecule has 164 valence electrons. The Hall–Kier alpha value is -1.88. The van der Waals surface area contributed by atoms with E-state index in [0.29, 0.717) is 29.1 Å². The molecule has 0 N–H and O–H groups in total. The lowest BCUT2D eigenvalue weighted by atomic mass is 10.0. The van der Waals surface area contributed by atoms with Crippen LogP contribution in [-0.4, -0.2) is 50.9 Å². The molecular weight excluding hydrogens is 420 g/mol. The van der Waals surface area contributed by atoms with Gasteiger partial charge in [-0.25, -0.2) is 4.79 Å². The number of nitrogens with zero attached hydrogens (tertiary/aromatic N) is 2. The van der Waals surface area contributed by atoms with Crippen molar-refractivity contribution in [1.82, 2.24) is 4.90 Å². The second-order valence-electron chi connectivity index (χ2n) is 9.26.